The number of aromatic amines is 1. The molecule has 0 spiro atoms. The summed E-state index contributed by atoms with van der Waals surface area (Å²) in [5.74, 6) is 0.943. The fraction of sp³-hybridized carbons (Fsp3) is 0.636. The average molecular weight is 369 g/mol. The summed E-state index contributed by atoms with van der Waals surface area (Å²) < 4.78 is 0. The number of hydrogen-bond acceptors (Lipinski definition) is 2. The number of fused-ring (bicyclic) bond motifs is 1. The fourth-order valence-electron chi connectivity index (χ4n) is 4.85. The normalized spacial score (nSPS) is 19.3. The maximum atomic E-state index is 13.1. The molecule has 1 aromatic heterocycles. The van der Waals surface area contributed by atoms with Gasteiger partial charge in [0.1, 0.15) is 5.82 Å². The van der Waals surface area contributed by atoms with Gasteiger partial charge in [0.15, 0.2) is 0 Å². The van der Waals surface area contributed by atoms with Crippen LogP contribution in [0, 0.1) is 0 Å². The second-order valence-corrected chi connectivity index (χ2v) is 8.17. The minimum absolute atomic E-state index is 0.143. The molecule has 1 aromatic carbocycles. The van der Waals surface area contributed by atoms with E-state index in [-0.39, 0.29) is 6.03 Å². The van der Waals surface area contributed by atoms with Gasteiger partial charge in [-0.15, -0.1) is 0 Å². The van der Waals surface area contributed by atoms with E-state index in [0.717, 1.165) is 23.3 Å². The van der Waals surface area contributed by atoms with E-state index in [4.69, 9.17) is 0 Å². The second kappa shape index (κ2) is 8.77. The van der Waals surface area contributed by atoms with Crippen LogP contribution in [-0.4, -0.2) is 39.5 Å². The largest absolute Gasteiger partial charge is 0.342 e. The van der Waals surface area contributed by atoms with Crippen LogP contribution in [0.2, 0.25) is 0 Å². The molecule has 1 heterocycles. The zero-order valence-electron chi connectivity index (χ0n) is 16.3. The summed E-state index contributed by atoms with van der Waals surface area (Å²) in [4.78, 5) is 23.3. The molecule has 2 aliphatic carbocycles. The van der Waals surface area contributed by atoms with E-state index < -0.39 is 0 Å². The molecule has 0 bridgehead atoms. The van der Waals surface area contributed by atoms with E-state index in [1.54, 1.807) is 0 Å². The molecule has 0 atom stereocenters. The van der Waals surface area contributed by atoms with Crippen LogP contribution in [0.3, 0.4) is 0 Å². The number of amides is 2. The van der Waals surface area contributed by atoms with Gasteiger partial charge in [-0.2, -0.15) is 0 Å². The predicted molar refractivity (Wildman–Crippen MR) is 109 cm³/mol. The number of hydrogen-bond donors (Lipinski definition) is 2. The number of imidazole rings is 1. The lowest BCUT2D eigenvalue weighted by Crippen LogP contribution is -2.53. The van der Waals surface area contributed by atoms with Gasteiger partial charge < -0.3 is 15.2 Å². The third-order valence-electron chi connectivity index (χ3n) is 6.25. The van der Waals surface area contributed by atoms with Crippen LogP contribution in [0.5, 0.6) is 0 Å². The van der Waals surface area contributed by atoms with Crippen molar-refractivity contribution in [1.82, 2.24) is 20.2 Å². The Labute approximate surface area is 161 Å². The lowest BCUT2D eigenvalue weighted by atomic mass is 9.89. The summed E-state index contributed by atoms with van der Waals surface area (Å²) in [6, 6.07) is 9.09. The van der Waals surface area contributed by atoms with Gasteiger partial charge in [-0.25, -0.2) is 9.78 Å². The number of H-pyrrole nitrogens is 1. The lowest BCUT2D eigenvalue weighted by Gasteiger charge is -2.41. The first-order valence-electron chi connectivity index (χ1n) is 10.8. The molecular formula is C22H32N4O. The molecule has 0 aliphatic heterocycles. The Bertz CT molecular complexity index is 693. The number of para-hydroxylation sites is 2. The van der Waals surface area contributed by atoms with E-state index >= 15 is 0 Å². The zero-order chi connectivity index (χ0) is 18.5. The number of nitrogens with zero attached hydrogens (tertiary/aromatic N) is 2. The predicted octanol–water partition coefficient (Wildman–Crippen LogP) is 4.78. The van der Waals surface area contributed by atoms with E-state index in [9.17, 15) is 4.79 Å². The van der Waals surface area contributed by atoms with E-state index in [0.29, 0.717) is 18.6 Å². The molecule has 5 heteroatoms. The van der Waals surface area contributed by atoms with Gasteiger partial charge in [0.05, 0.1) is 11.0 Å². The highest BCUT2D eigenvalue weighted by Crippen LogP contribution is 2.30. The van der Waals surface area contributed by atoms with Crippen molar-refractivity contribution in [2.75, 3.05) is 6.54 Å². The maximum Gasteiger partial charge on any atom is 0.317 e. The summed E-state index contributed by atoms with van der Waals surface area (Å²) in [7, 11) is 0. The molecule has 2 fully saturated rings. The van der Waals surface area contributed by atoms with Crippen LogP contribution in [0.25, 0.3) is 11.0 Å². The molecule has 2 saturated carbocycles. The van der Waals surface area contributed by atoms with Crippen LogP contribution in [0.1, 0.15) is 70.0 Å². The third kappa shape index (κ3) is 4.45. The molecule has 0 unspecified atom stereocenters. The molecule has 0 saturated heterocycles. The fourth-order valence-corrected chi connectivity index (χ4v) is 4.85. The molecule has 5 nitrogen and oxygen atoms in total. The van der Waals surface area contributed by atoms with Crippen LogP contribution >= 0.6 is 0 Å². The molecule has 2 N–H and O–H groups in total. The highest BCUT2D eigenvalue weighted by Gasteiger charge is 2.32. The van der Waals surface area contributed by atoms with Gasteiger partial charge in [-0.05, 0) is 37.8 Å². The summed E-state index contributed by atoms with van der Waals surface area (Å²) in [6.07, 6.45) is 13.1. The summed E-state index contributed by atoms with van der Waals surface area (Å²) in [6.45, 7) is 0.634. The molecule has 2 aliphatic rings. The van der Waals surface area contributed by atoms with Gasteiger partial charge in [-0.3, -0.25) is 0 Å². The molecule has 2 amide bonds. The van der Waals surface area contributed by atoms with Crippen molar-refractivity contribution < 1.29 is 4.79 Å². The molecule has 146 valence electrons. The smallest absolute Gasteiger partial charge is 0.317 e. The van der Waals surface area contributed by atoms with Gasteiger partial charge in [0.25, 0.3) is 0 Å². The van der Waals surface area contributed by atoms with Gasteiger partial charge in [0.2, 0.25) is 0 Å². The first-order valence-corrected chi connectivity index (χ1v) is 10.8. The van der Waals surface area contributed by atoms with Gasteiger partial charge >= 0.3 is 6.03 Å². The van der Waals surface area contributed by atoms with E-state index in [1.807, 2.05) is 24.3 Å². The van der Waals surface area contributed by atoms with Crippen molar-refractivity contribution in [3.63, 3.8) is 0 Å². The van der Waals surface area contributed by atoms with Crippen molar-refractivity contribution in [3.8, 4) is 0 Å². The number of rotatable bonds is 5. The first-order chi connectivity index (χ1) is 13.3. The van der Waals surface area contributed by atoms with Crippen LogP contribution in [-0.2, 0) is 6.42 Å². The maximum absolute atomic E-state index is 13.1. The van der Waals surface area contributed by atoms with Crippen LogP contribution < -0.4 is 5.32 Å². The highest BCUT2D eigenvalue weighted by atomic mass is 16.2. The molecule has 4 rings (SSSR count). The molecular weight excluding hydrogens is 336 g/mol. The Morgan fingerprint density at radius 2 is 1.63 bits per heavy atom. The minimum atomic E-state index is 0.143. The Balaban J connectivity index is 1.36. The van der Waals surface area contributed by atoms with Gasteiger partial charge in [-0.1, -0.05) is 50.7 Å². The van der Waals surface area contributed by atoms with E-state index in [1.165, 1.54) is 64.2 Å². The topological polar surface area (TPSA) is 61.0 Å². The Morgan fingerprint density at radius 1 is 1.00 bits per heavy atom. The van der Waals surface area contributed by atoms with Crippen molar-refractivity contribution >= 4 is 17.1 Å². The first kappa shape index (κ1) is 18.3. The standard InChI is InChI=1S/C22H32N4O/c27-22(23-16-15-21-24-19-13-7-8-14-20(19)25-21)26(17-9-3-1-4-10-17)18-11-5-2-6-12-18/h7-8,13-14,17-18H,1-6,9-12,15-16H2,(H,23,27)(H,24,25). The number of carbonyl (C=O) groups excluding carboxylic acids is 1. The van der Waals surface area contributed by atoms with Crippen molar-refractivity contribution in [1.29, 1.82) is 0 Å². The van der Waals surface area contributed by atoms with E-state index in [2.05, 4.69) is 20.2 Å². The Morgan fingerprint density at radius 3 is 2.26 bits per heavy atom. The molecule has 27 heavy (non-hydrogen) atoms. The summed E-state index contributed by atoms with van der Waals surface area (Å²) in [5.41, 5.74) is 2.05. The van der Waals surface area contributed by atoms with Crippen molar-refractivity contribution in [2.45, 2.75) is 82.7 Å². The lowest BCUT2D eigenvalue weighted by molar-refractivity contribution is 0.105. The second-order valence-electron chi connectivity index (χ2n) is 8.17. The number of urea groups is 1. The number of aromatic nitrogens is 2. The summed E-state index contributed by atoms with van der Waals surface area (Å²) in [5, 5.41) is 3.20. The number of nitrogens with one attached hydrogen (secondary N) is 2. The number of benzene rings is 1. The Kier molecular flexibility index (Phi) is 5.95. The SMILES string of the molecule is O=C(NCCc1nc2ccccc2[nH]1)N(C1CCCCC1)C1CCCCC1. The third-order valence-corrected chi connectivity index (χ3v) is 6.25. The quantitative estimate of drug-likeness (QED) is 0.797. The van der Waals surface area contributed by atoms with Gasteiger partial charge in [0, 0.05) is 25.0 Å². The van der Waals surface area contributed by atoms with Crippen molar-refractivity contribution in [2.24, 2.45) is 0 Å². The van der Waals surface area contributed by atoms with Crippen molar-refractivity contribution in [3.05, 3.63) is 30.1 Å². The number of carbonyl (C=O) groups is 1. The molecule has 0 radical (unpaired) electrons. The van der Waals surface area contributed by atoms with Crippen LogP contribution in [0.15, 0.2) is 24.3 Å². The summed E-state index contributed by atoms with van der Waals surface area (Å²) >= 11 is 0. The highest BCUT2D eigenvalue weighted by molar-refractivity contribution is 5.75. The monoisotopic (exact) mass is 368 g/mol. The Hall–Kier alpha value is -2.04. The minimum Gasteiger partial charge on any atom is -0.342 e. The average Bonchev–Trinajstić information content (AvgIpc) is 3.13. The zero-order valence-corrected chi connectivity index (χ0v) is 16.3. The van der Waals surface area contributed by atoms with Crippen LogP contribution in [0.4, 0.5) is 4.79 Å². The molecule has 2 aromatic rings.